The fourth-order valence-electron chi connectivity index (χ4n) is 1.65. The van der Waals surface area contributed by atoms with E-state index in [1.807, 2.05) is 12.1 Å². The lowest BCUT2D eigenvalue weighted by Crippen LogP contribution is -1.90. The summed E-state index contributed by atoms with van der Waals surface area (Å²) in [6.07, 6.45) is 2.27. The van der Waals surface area contributed by atoms with Crippen molar-refractivity contribution in [1.82, 2.24) is 15.0 Å². The molecule has 0 atom stereocenters. The number of halogens is 2. The van der Waals surface area contributed by atoms with Crippen LogP contribution in [-0.4, -0.2) is 15.0 Å². The minimum atomic E-state index is 0.422. The maximum Gasteiger partial charge on any atom is 0.159 e. The lowest BCUT2D eigenvalue weighted by atomic mass is 10.2. The third-order valence-electron chi connectivity index (χ3n) is 2.49. The number of fused-ring (bicyclic) bond motifs is 1. The summed E-state index contributed by atoms with van der Waals surface area (Å²) >= 11 is 9.90. The largest absolute Gasteiger partial charge is 0.236 e. The van der Waals surface area contributed by atoms with Crippen molar-refractivity contribution in [3.05, 3.63) is 49.9 Å². The zero-order valence-corrected chi connectivity index (χ0v) is 12.8. The van der Waals surface area contributed by atoms with E-state index in [0.29, 0.717) is 10.7 Å². The average molecular weight is 388 g/mol. The van der Waals surface area contributed by atoms with Gasteiger partial charge in [-0.15, -0.1) is 0 Å². The van der Waals surface area contributed by atoms with Crippen LogP contribution in [0.2, 0.25) is 5.15 Å². The predicted molar refractivity (Wildman–Crippen MR) is 82.2 cm³/mol. The molecule has 6 heteroatoms. The van der Waals surface area contributed by atoms with Crippen molar-refractivity contribution >= 4 is 55.9 Å². The molecular formula is C12H7ClIN3S. The molecule has 0 aliphatic rings. The standard InChI is InChI=1S/C12H7ClIN3S/c13-11-10-12(16-6-15-11)18-9(17-10)5-7-3-1-2-4-8(7)14/h1-4,6H,5H2. The molecule has 3 rings (SSSR count). The molecule has 0 saturated heterocycles. The molecule has 3 aromatic rings. The van der Waals surface area contributed by atoms with Gasteiger partial charge in [-0.2, -0.15) is 0 Å². The fraction of sp³-hybridized carbons (Fsp3) is 0.0833. The molecule has 3 nitrogen and oxygen atoms in total. The van der Waals surface area contributed by atoms with Crippen LogP contribution in [0.1, 0.15) is 10.6 Å². The van der Waals surface area contributed by atoms with Crippen molar-refractivity contribution in [2.24, 2.45) is 0 Å². The highest BCUT2D eigenvalue weighted by Crippen LogP contribution is 2.26. The maximum atomic E-state index is 6.00. The molecule has 18 heavy (non-hydrogen) atoms. The lowest BCUT2D eigenvalue weighted by molar-refractivity contribution is 1.13. The van der Waals surface area contributed by atoms with Crippen LogP contribution in [0, 0.1) is 3.57 Å². The van der Waals surface area contributed by atoms with E-state index in [0.717, 1.165) is 16.3 Å². The van der Waals surface area contributed by atoms with E-state index in [1.165, 1.54) is 15.5 Å². The highest BCUT2D eigenvalue weighted by molar-refractivity contribution is 14.1. The van der Waals surface area contributed by atoms with Gasteiger partial charge >= 0.3 is 0 Å². The summed E-state index contributed by atoms with van der Waals surface area (Å²) in [6, 6.07) is 8.28. The molecule has 0 bridgehead atoms. The second-order valence-corrected chi connectivity index (χ2v) is 6.28. The average Bonchev–Trinajstić information content (AvgIpc) is 2.76. The zero-order valence-electron chi connectivity index (χ0n) is 9.10. The van der Waals surface area contributed by atoms with Gasteiger partial charge in [0.1, 0.15) is 16.7 Å². The van der Waals surface area contributed by atoms with Crippen LogP contribution < -0.4 is 0 Å². The van der Waals surface area contributed by atoms with E-state index in [9.17, 15) is 0 Å². The third-order valence-corrected chi connectivity index (χ3v) is 4.79. The monoisotopic (exact) mass is 387 g/mol. The van der Waals surface area contributed by atoms with E-state index in [-0.39, 0.29) is 0 Å². The van der Waals surface area contributed by atoms with E-state index in [4.69, 9.17) is 11.6 Å². The van der Waals surface area contributed by atoms with Crippen molar-refractivity contribution in [2.75, 3.05) is 0 Å². The number of thiazole rings is 1. The topological polar surface area (TPSA) is 38.7 Å². The van der Waals surface area contributed by atoms with Gasteiger partial charge in [0, 0.05) is 9.99 Å². The summed E-state index contributed by atoms with van der Waals surface area (Å²) in [4.78, 5) is 13.5. The fourth-order valence-corrected chi connectivity index (χ4v) is 3.39. The molecule has 1 aromatic carbocycles. The Balaban J connectivity index is 2.01. The van der Waals surface area contributed by atoms with Crippen LogP contribution in [-0.2, 0) is 6.42 Å². The quantitative estimate of drug-likeness (QED) is 0.494. The molecule has 2 heterocycles. The molecule has 2 aromatic heterocycles. The number of benzene rings is 1. The van der Waals surface area contributed by atoms with Crippen molar-refractivity contribution in [1.29, 1.82) is 0 Å². The first-order valence-corrected chi connectivity index (χ1v) is 7.50. The van der Waals surface area contributed by atoms with E-state index >= 15 is 0 Å². The van der Waals surface area contributed by atoms with Gasteiger partial charge in [-0.1, -0.05) is 41.1 Å². The normalized spacial score (nSPS) is 11.0. The summed E-state index contributed by atoms with van der Waals surface area (Å²) < 4.78 is 1.24. The Morgan fingerprint density at radius 1 is 1.22 bits per heavy atom. The van der Waals surface area contributed by atoms with Gasteiger partial charge < -0.3 is 0 Å². The lowest BCUT2D eigenvalue weighted by Gasteiger charge is -2.00. The Morgan fingerprint density at radius 2 is 2.06 bits per heavy atom. The first kappa shape index (κ1) is 12.3. The summed E-state index contributed by atoms with van der Waals surface area (Å²) in [6.45, 7) is 0. The molecule has 0 fully saturated rings. The molecule has 0 aliphatic heterocycles. The van der Waals surface area contributed by atoms with Crippen LogP contribution in [0.3, 0.4) is 0 Å². The second-order valence-electron chi connectivity index (χ2n) is 3.69. The second kappa shape index (κ2) is 5.07. The molecular weight excluding hydrogens is 381 g/mol. The van der Waals surface area contributed by atoms with Crippen molar-refractivity contribution in [3.8, 4) is 0 Å². The summed E-state index contributed by atoms with van der Waals surface area (Å²) in [5, 5.41) is 1.43. The Morgan fingerprint density at radius 3 is 2.83 bits per heavy atom. The molecule has 0 aliphatic carbocycles. The van der Waals surface area contributed by atoms with Gasteiger partial charge in [0.25, 0.3) is 0 Å². The van der Waals surface area contributed by atoms with Crippen molar-refractivity contribution in [2.45, 2.75) is 6.42 Å². The van der Waals surface area contributed by atoms with Gasteiger partial charge in [0.15, 0.2) is 5.15 Å². The van der Waals surface area contributed by atoms with E-state index < -0.39 is 0 Å². The Kier molecular flexibility index (Phi) is 3.45. The van der Waals surface area contributed by atoms with Gasteiger partial charge in [0.05, 0.1) is 5.01 Å². The van der Waals surface area contributed by atoms with Crippen LogP contribution in [0.25, 0.3) is 10.3 Å². The van der Waals surface area contributed by atoms with Crippen LogP contribution in [0.4, 0.5) is 0 Å². The number of nitrogens with zero attached hydrogens (tertiary/aromatic N) is 3. The van der Waals surface area contributed by atoms with E-state index in [1.54, 1.807) is 11.3 Å². The van der Waals surface area contributed by atoms with E-state index in [2.05, 4.69) is 49.7 Å². The predicted octanol–water partition coefficient (Wildman–Crippen LogP) is 3.94. The summed E-state index contributed by atoms with van der Waals surface area (Å²) in [7, 11) is 0. The van der Waals surface area contributed by atoms with Crippen molar-refractivity contribution in [3.63, 3.8) is 0 Å². The minimum Gasteiger partial charge on any atom is -0.236 e. The zero-order chi connectivity index (χ0) is 12.5. The Hall–Kier alpha value is -0.790. The maximum absolute atomic E-state index is 6.00. The van der Waals surface area contributed by atoms with Gasteiger partial charge in [-0.05, 0) is 34.2 Å². The molecule has 0 saturated carbocycles. The van der Waals surface area contributed by atoms with Gasteiger partial charge in [0.2, 0.25) is 0 Å². The number of hydrogen-bond acceptors (Lipinski definition) is 4. The minimum absolute atomic E-state index is 0.422. The molecule has 0 spiro atoms. The van der Waals surface area contributed by atoms with Crippen LogP contribution in [0.5, 0.6) is 0 Å². The van der Waals surface area contributed by atoms with Crippen LogP contribution in [0.15, 0.2) is 30.6 Å². The first-order valence-electron chi connectivity index (χ1n) is 5.23. The molecule has 0 radical (unpaired) electrons. The third kappa shape index (κ3) is 2.34. The highest BCUT2D eigenvalue weighted by atomic mass is 127. The molecule has 0 unspecified atom stereocenters. The highest BCUT2D eigenvalue weighted by Gasteiger charge is 2.10. The van der Waals surface area contributed by atoms with Gasteiger partial charge in [-0.3, -0.25) is 0 Å². The number of rotatable bonds is 2. The first-order chi connectivity index (χ1) is 8.74. The molecule has 0 N–H and O–H groups in total. The van der Waals surface area contributed by atoms with Crippen LogP contribution >= 0.6 is 45.5 Å². The Labute approximate surface area is 126 Å². The summed E-state index contributed by atoms with van der Waals surface area (Å²) in [5.41, 5.74) is 1.96. The molecule has 0 amide bonds. The SMILES string of the molecule is Clc1ncnc2sc(Cc3ccccc3I)nc12. The molecule has 90 valence electrons. The summed E-state index contributed by atoms with van der Waals surface area (Å²) in [5.74, 6) is 0. The van der Waals surface area contributed by atoms with Crippen molar-refractivity contribution < 1.29 is 0 Å². The smallest absolute Gasteiger partial charge is 0.159 e. The number of hydrogen-bond donors (Lipinski definition) is 0. The van der Waals surface area contributed by atoms with Gasteiger partial charge in [-0.25, -0.2) is 15.0 Å². The number of aromatic nitrogens is 3. The Bertz CT molecular complexity index is 713.